The molecule has 4 heteroatoms. The molecule has 0 spiro atoms. The molecule has 0 fully saturated rings. The van der Waals surface area contributed by atoms with Gasteiger partial charge < -0.3 is 4.53 Å². The van der Waals surface area contributed by atoms with Crippen molar-refractivity contribution in [2.45, 2.75) is 0 Å². The number of hydrogen-bond acceptors (Lipinski definition) is 2. The van der Waals surface area contributed by atoms with Gasteiger partial charge in [0.15, 0.2) is 0 Å². The van der Waals surface area contributed by atoms with E-state index in [0.29, 0.717) is 10.5 Å². The first-order valence-electron chi connectivity index (χ1n) is 1.97. The molecule has 0 radical (unpaired) electrons. The summed E-state index contributed by atoms with van der Waals surface area (Å²) in [6, 6.07) is 1.82. The van der Waals surface area contributed by atoms with Crippen LogP contribution in [0.1, 0.15) is 0 Å². The monoisotopic (exact) mass is 114 g/mol. The Morgan fingerprint density at radius 3 is 2.86 bits per heavy atom. The molecule has 1 rings (SSSR count). The minimum atomic E-state index is 0.692. The number of rotatable bonds is 1. The van der Waals surface area contributed by atoms with Crippen molar-refractivity contribution in [1.29, 1.82) is 0 Å². The second-order valence-corrected chi connectivity index (χ2v) is 1.46. The van der Waals surface area contributed by atoms with Crippen molar-refractivity contribution in [3.8, 4) is 0 Å². The zero-order valence-corrected chi connectivity index (χ0v) is 6.03. The highest BCUT2D eigenvalue weighted by molar-refractivity contribution is 5.98. The molecule has 0 saturated heterocycles. The fourth-order valence-corrected chi connectivity index (χ4v) is 0.579. The van der Waals surface area contributed by atoms with Crippen LogP contribution in [0, 0.1) is 0 Å². The zero-order chi connectivity index (χ0) is 5.11. The summed E-state index contributed by atoms with van der Waals surface area (Å²) >= 11 is 0. The van der Waals surface area contributed by atoms with Crippen molar-refractivity contribution in [3.05, 3.63) is 18.5 Å². The summed E-state index contributed by atoms with van der Waals surface area (Å²) in [7, 11) is 0.692. The van der Waals surface area contributed by atoms with Crippen LogP contribution in [-0.2, 0) is 0 Å². The average molecular weight is 114 g/mol. The van der Waals surface area contributed by atoms with Gasteiger partial charge in [0.05, 0.1) is 12.4 Å². The van der Waals surface area contributed by atoms with Gasteiger partial charge in [0.2, 0.25) is 10.5 Å². The van der Waals surface area contributed by atoms with Gasteiger partial charge in [0, 0.05) is 0 Å². The quantitative estimate of drug-likeness (QED) is 0.419. The van der Waals surface area contributed by atoms with Crippen LogP contribution in [0.4, 0.5) is 0 Å². The Labute approximate surface area is 44.4 Å². The van der Waals surface area contributed by atoms with Crippen LogP contribution in [0.2, 0.25) is 0 Å². The molecule has 0 bridgehead atoms. The topological polar surface area (TPSA) is 27.1 Å². The predicted molar refractivity (Wildman–Crippen MR) is 28.7 cm³/mol. The van der Waals surface area contributed by atoms with Gasteiger partial charge in [-0.25, -0.2) is 0 Å². The standard InChI is InChI=1S/C3H6N2OSi/c7-6-5-3-1-2-4-5/h1-3H,7H3. The van der Waals surface area contributed by atoms with Crippen LogP contribution in [0.3, 0.4) is 0 Å². The highest BCUT2D eigenvalue weighted by Crippen LogP contribution is 1.74. The van der Waals surface area contributed by atoms with E-state index in [1.807, 2.05) is 6.07 Å². The van der Waals surface area contributed by atoms with Crippen LogP contribution < -0.4 is 4.53 Å². The van der Waals surface area contributed by atoms with E-state index < -0.39 is 0 Å². The van der Waals surface area contributed by atoms with Gasteiger partial charge in [-0.05, 0) is 6.07 Å². The molecule has 1 aromatic heterocycles. The van der Waals surface area contributed by atoms with Crippen molar-refractivity contribution in [3.63, 3.8) is 0 Å². The maximum atomic E-state index is 4.80. The third-order valence-corrected chi connectivity index (χ3v) is 1.04. The number of hydrogen-bond donors (Lipinski definition) is 0. The van der Waals surface area contributed by atoms with E-state index in [1.165, 1.54) is 4.85 Å². The molecule has 0 amide bonds. The third-order valence-electron chi connectivity index (χ3n) is 0.667. The fraction of sp³-hybridized carbons (Fsp3) is 0. The first-order valence-corrected chi connectivity index (χ1v) is 2.79. The molecule has 0 atom stereocenters. The lowest BCUT2D eigenvalue weighted by molar-refractivity contribution is 0.256. The van der Waals surface area contributed by atoms with Crippen molar-refractivity contribution in [2.75, 3.05) is 0 Å². The van der Waals surface area contributed by atoms with E-state index in [-0.39, 0.29) is 0 Å². The molecule has 0 aromatic carbocycles. The summed E-state index contributed by atoms with van der Waals surface area (Å²) < 4.78 is 4.80. The molecule has 1 heterocycles. The van der Waals surface area contributed by atoms with Gasteiger partial charge in [0.25, 0.3) is 0 Å². The van der Waals surface area contributed by atoms with Gasteiger partial charge >= 0.3 is 0 Å². The molecule has 7 heavy (non-hydrogen) atoms. The van der Waals surface area contributed by atoms with E-state index in [4.69, 9.17) is 4.53 Å². The molecule has 0 aliphatic rings. The summed E-state index contributed by atoms with van der Waals surface area (Å²) in [6.45, 7) is 0. The molecular weight excluding hydrogens is 108 g/mol. The number of nitrogens with zero attached hydrogens (tertiary/aromatic N) is 2. The lowest BCUT2D eigenvalue weighted by Gasteiger charge is -1.93. The Balaban J connectivity index is 2.76. The number of aromatic nitrogens is 2. The third kappa shape index (κ3) is 0.804. The smallest absolute Gasteiger partial charge is 0.242 e. The molecule has 3 nitrogen and oxygen atoms in total. The Morgan fingerprint density at radius 2 is 2.57 bits per heavy atom. The molecule has 0 aliphatic carbocycles. The second kappa shape index (κ2) is 1.79. The SMILES string of the molecule is [SiH3]On1cccn1. The maximum Gasteiger partial charge on any atom is 0.242 e. The van der Waals surface area contributed by atoms with Gasteiger partial charge in [-0.1, -0.05) is 0 Å². The molecule has 1 aromatic rings. The van der Waals surface area contributed by atoms with E-state index in [9.17, 15) is 0 Å². The van der Waals surface area contributed by atoms with Crippen LogP contribution in [0.15, 0.2) is 18.5 Å². The zero-order valence-electron chi connectivity index (χ0n) is 4.03. The predicted octanol–water partition coefficient (Wildman–Crippen LogP) is -1.41. The van der Waals surface area contributed by atoms with E-state index >= 15 is 0 Å². The lowest BCUT2D eigenvalue weighted by atomic mass is 10.8. The van der Waals surface area contributed by atoms with E-state index in [2.05, 4.69) is 5.10 Å². The largest absolute Gasteiger partial charge is 0.468 e. The Kier molecular flexibility index (Phi) is 1.12. The molecule has 0 unspecified atom stereocenters. The normalized spacial score (nSPS) is 9.14. The van der Waals surface area contributed by atoms with Gasteiger partial charge in [-0.15, -0.1) is 9.94 Å². The first-order chi connectivity index (χ1) is 3.43. The second-order valence-electron chi connectivity index (χ2n) is 1.09. The van der Waals surface area contributed by atoms with E-state index in [0.717, 1.165) is 0 Å². The summed E-state index contributed by atoms with van der Waals surface area (Å²) in [5, 5.41) is 3.76. The molecular formula is C3H6N2OSi. The van der Waals surface area contributed by atoms with Crippen LogP contribution in [-0.4, -0.2) is 20.4 Å². The van der Waals surface area contributed by atoms with Crippen molar-refractivity contribution in [1.82, 2.24) is 9.94 Å². The van der Waals surface area contributed by atoms with Gasteiger partial charge in [-0.2, -0.15) is 0 Å². The lowest BCUT2D eigenvalue weighted by Crippen LogP contribution is -2.06. The summed E-state index contributed by atoms with van der Waals surface area (Å²) in [5.41, 5.74) is 0. The Morgan fingerprint density at radius 1 is 1.71 bits per heavy atom. The van der Waals surface area contributed by atoms with Crippen molar-refractivity contribution < 1.29 is 4.53 Å². The fourth-order valence-electron chi connectivity index (χ4n) is 0.363. The van der Waals surface area contributed by atoms with Crippen molar-refractivity contribution in [2.24, 2.45) is 0 Å². The van der Waals surface area contributed by atoms with Gasteiger partial charge in [-0.3, -0.25) is 0 Å². The highest BCUT2D eigenvalue weighted by Gasteiger charge is 1.76. The minimum Gasteiger partial charge on any atom is -0.468 e. The molecule has 0 N–H and O–H groups in total. The summed E-state index contributed by atoms with van der Waals surface area (Å²) in [4.78, 5) is 1.44. The van der Waals surface area contributed by atoms with Crippen LogP contribution >= 0.6 is 0 Å². The van der Waals surface area contributed by atoms with Crippen LogP contribution in [0.25, 0.3) is 0 Å². The summed E-state index contributed by atoms with van der Waals surface area (Å²) in [5.74, 6) is 0. The Bertz CT molecular complexity index is 127. The maximum absolute atomic E-state index is 4.80. The van der Waals surface area contributed by atoms with Crippen molar-refractivity contribution >= 4 is 10.5 Å². The molecule has 0 saturated carbocycles. The first kappa shape index (κ1) is 4.39. The summed E-state index contributed by atoms with van der Waals surface area (Å²) in [6.07, 6.45) is 3.44. The van der Waals surface area contributed by atoms with Crippen LogP contribution in [0.5, 0.6) is 0 Å². The highest BCUT2D eigenvalue weighted by atomic mass is 28.2. The Hall–Kier alpha value is -0.773. The van der Waals surface area contributed by atoms with Gasteiger partial charge in [0.1, 0.15) is 0 Å². The van der Waals surface area contributed by atoms with E-state index in [1.54, 1.807) is 12.4 Å². The average Bonchev–Trinajstić information content (AvgIpc) is 2.14. The minimum absolute atomic E-state index is 0.692. The molecule has 0 aliphatic heterocycles. The molecule has 38 valence electrons.